The van der Waals surface area contributed by atoms with Crippen molar-refractivity contribution in [2.75, 3.05) is 88.2 Å². The highest BCUT2D eigenvalue weighted by Gasteiger charge is 2.19. The zero-order valence-corrected chi connectivity index (χ0v) is 36.7. The summed E-state index contributed by atoms with van der Waals surface area (Å²) in [4.78, 5) is 2.25. The molecule has 0 aromatic carbocycles. The van der Waals surface area contributed by atoms with Gasteiger partial charge < -0.3 is 18.4 Å². The van der Waals surface area contributed by atoms with Crippen LogP contribution in [0.25, 0.3) is 0 Å². The van der Waals surface area contributed by atoms with Crippen LogP contribution in [0.3, 0.4) is 0 Å². The molecule has 8 heteroatoms. The maximum atomic E-state index is 11.2. The zero-order chi connectivity index (χ0) is 37.0. The topological polar surface area (TPSA) is 55.8 Å². The Hall–Kier alpha value is 0.300. The fraction of sp³-hybridized carbons (Fsp3) is 1.00. The lowest BCUT2D eigenvalue weighted by molar-refractivity contribution is -0.871. The second kappa shape index (κ2) is 28.8. The SMILES string of the molecule is C.C.C.CCC(C)(C)CCN(C)C.CCC(C)(C)CCOP(C)(C)=O.CCC(C)(C)CCOP(C)(C)=O.CCC(C)(C)CC[N+](C)(C)C. The molecule has 6 nitrogen and oxygen atoms in total. The van der Waals surface area contributed by atoms with E-state index in [4.69, 9.17) is 9.05 Å². The van der Waals surface area contributed by atoms with Gasteiger partial charge in [0, 0.05) is 33.1 Å². The van der Waals surface area contributed by atoms with E-state index >= 15 is 0 Å². The predicted molar refractivity (Wildman–Crippen MR) is 227 cm³/mol. The van der Waals surface area contributed by atoms with Gasteiger partial charge in [0.05, 0.1) is 40.9 Å². The Morgan fingerprint density at radius 2 is 0.771 bits per heavy atom. The monoisotopic (exact) mass is 734 g/mol. The molecule has 0 aliphatic heterocycles. The maximum Gasteiger partial charge on any atom is 0.197 e. The standard InChI is InChI=1S/C10H24N.C9H21N.2C9H21O2P.3CH4/c1-7-10(2,3)8-9-11(4,5)6;1-6-9(2,3)7-8-10(4)5;2*1-6-9(2,3)7-8-11-12(4,5)10;;;/h7-9H2,1-6H3;6-8H2,1-5H3;2*6-8H2,1-5H3;3*1H4/q+1;;;;;;. The van der Waals surface area contributed by atoms with Crippen molar-refractivity contribution in [2.24, 2.45) is 21.7 Å². The molecule has 0 aliphatic carbocycles. The van der Waals surface area contributed by atoms with Crippen LogP contribution in [0.4, 0.5) is 0 Å². The summed E-state index contributed by atoms with van der Waals surface area (Å²) in [6.07, 6.45) is 9.42. The Balaban J connectivity index is -0.0000000917. The third-order valence-corrected chi connectivity index (χ3v) is 10.5. The molecule has 0 aromatic heterocycles. The molecule has 0 spiro atoms. The van der Waals surface area contributed by atoms with Crippen LogP contribution < -0.4 is 0 Å². The van der Waals surface area contributed by atoms with Crippen LogP contribution in [0, 0.1) is 21.7 Å². The average molecular weight is 734 g/mol. The maximum absolute atomic E-state index is 11.2. The fourth-order valence-electron chi connectivity index (χ4n) is 2.96. The van der Waals surface area contributed by atoms with Gasteiger partial charge in [0.2, 0.25) is 0 Å². The molecule has 0 N–H and O–H groups in total. The minimum absolute atomic E-state index is 0. The first kappa shape index (κ1) is 63.4. The van der Waals surface area contributed by atoms with Crippen molar-refractivity contribution in [3.8, 4) is 0 Å². The first-order chi connectivity index (χ1) is 19.8. The quantitative estimate of drug-likeness (QED) is 0.104. The van der Waals surface area contributed by atoms with E-state index in [-0.39, 0.29) is 22.3 Å². The number of nitrogens with zero attached hydrogens (tertiary/aromatic N) is 2. The highest BCUT2D eigenvalue weighted by Crippen LogP contribution is 2.39. The van der Waals surface area contributed by atoms with E-state index in [1.54, 1.807) is 26.7 Å². The van der Waals surface area contributed by atoms with Crippen molar-refractivity contribution < 1.29 is 22.7 Å². The van der Waals surface area contributed by atoms with Gasteiger partial charge in [0.1, 0.15) is 0 Å². The number of rotatable bonds is 18. The highest BCUT2D eigenvalue weighted by molar-refractivity contribution is 7.57. The Morgan fingerprint density at radius 1 is 0.521 bits per heavy atom. The lowest BCUT2D eigenvalue weighted by Gasteiger charge is -2.29. The van der Waals surface area contributed by atoms with Crippen LogP contribution >= 0.6 is 14.7 Å². The minimum atomic E-state index is -2.26. The van der Waals surface area contributed by atoms with Gasteiger partial charge in [-0.1, -0.05) is 131 Å². The Morgan fingerprint density at radius 3 is 0.979 bits per heavy atom. The molecule has 0 aliphatic rings. The van der Waals surface area contributed by atoms with Crippen molar-refractivity contribution in [3.63, 3.8) is 0 Å². The first-order valence-corrected chi connectivity index (χ1v) is 22.7. The number of quaternary nitrogens is 1. The van der Waals surface area contributed by atoms with Crippen molar-refractivity contribution in [1.29, 1.82) is 0 Å². The second-order valence-corrected chi connectivity index (χ2v) is 23.6. The van der Waals surface area contributed by atoms with Crippen molar-refractivity contribution >= 4 is 14.7 Å². The van der Waals surface area contributed by atoms with Gasteiger partial charge in [-0.15, -0.1) is 0 Å². The molecular formula is C40H99N2O4P2+. The molecule has 0 bridgehead atoms. The van der Waals surface area contributed by atoms with Gasteiger partial charge in [0.25, 0.3) is 0 Å². The summed E-state index contributed by atoms with van der Waals surface area (Å²) >= 11 is 0. The summed E-state index contributed by atoms with van der Waals surface area (Å²) in [6, 6.07) is 0. The smallest absolute Gasteiger partial charge is 0.197 e. The van der Waals surface area contributed by atoms with Crippen LogP contribution in [0.1, 0.15) is 157 Å². The normalized spacial score (nSPS) is 12.5. The van der Waals surface area contributed by atoms with Gasteiger partial charge in [-0.05, 0) is 61.6 Å². The Bertz CT molecular complexity index is 765. The zero-order valence-electron chi connectivity index (χ0n) is 34.9. The van der Waals surface area contributed by atoms with Crippen LogP contribution in [0.2, 0.25) is 0 Å². The molecule has 0 rings (SSSR count). The molecule has 48 heavy (non-hydrogen) atoms. The molecule has 0 amide bonds. The van der Waals surface area contributed by atoms with Crippen LogP contribution in [-0.4, -0.2) is 97.6 Å². The summed E-state index contributed by atoms with van der Waals surface area (Å²) in [5.41, 5.74) is 1.69. The third-order valence-electron chi connectivity index (χ3n) is 8.89. The van der Waals surface area contributed by atoms with Gasteiger partial charge >= 0.3 is 0 Å². The molecule has 302 valence electrons. The van der Waals surface area contributed by atoms with E-state index in [9.17, 15) is 9.13 Å². The third kappa shape index (κ3) is 55.7. The molecule has 0 atom stereocenters. The number of hydrogen-bond donors (Lipinski definition) is 0. The highest BCUT2D eigenvalue weighted by atomic mass is 31.2. The molecule has 0 radical (unpaired) electrons. The molecular weight excluding hydrogens is 634 g/mol. The summed E-state index contributed by atoms with van der Waals surface area (Å²) in [5, 5.41) is 0. The summed E-state index contributed by atoms with van der Waals surface area (Å²) in [7, 11) is 6.50. The van der Waals surface area contributed by atoms with Crippen molar-refractivity contribution in [3.05, 3.63) is 0 Å². The molecule has 0 heterocycles. The first-order valence-electron chi connectivity index (χ1n) is 17.6. The van der Waals surface area contributed by atoms with Gasteiger partial charge in [-0.3, -0.25) is 9.13 Å². The van der Waals surface area contributed by atoms with E-state index in [0.717, 1.165) is 30.2 Å². The molecule has 0 unspecified atom stereocenters. The van der Waals surface area contributed by atoms with Crippen LogP contribution in [0.5, 0.6) is 0 Å². The van der Waals surface area contributed by atoms with Crippen molar-refractivity contribution in [2.45, 2.75) is 157 Å². The van der Waals surface area contributed by atoms with Crippen molar-refractivity contribution in [1.82, 2.24) is 4.90 Å². The van der Waals surface area contributed by atoms with E-state index in [1.165, 1.54) is 38.8 Å². The molecule has 0 saturated heterocycles. The van der Waals surface area contributed by atoms with E-state index in [2.05, 4.69) is 123 Å². The van der Waals surface area contributed by atoms with Gasteiger partial charge in [0.15, 0.2) is 14.7 Å². The van der Waals surface area contributed by atoms with Gasteiger partial charge in [-0.25, -0.2) is 0 Å². The van der Waals surface area contributed by atoms with Crippen LogP contribution in [0.15, 0.2) is 0 Å². The van der Waals surface area contributed by atoms with E-state index < -0.39 is 14.7 Å². The summed E-state index contributed by atoms with van der Waals surface area (Å²) in [6.45, 7) is 37.4. The summed E-state index contributed by atoms with van der Waals surface area (Å²) in [5.74, 6) is 0. The average Bonchev–Trinajstić information content (AvgIpc) is 2.85. The lowest BCUT2D eigenvalue weighted by atomic mass is 9.86. The predicted octanol–water partition coefficient (Wildman–Crippen LogP) is 13.5. The molecule has 0 aromatic rings. The Kier molecular flexibility index (Phi) is 38.1. The molecule has 0 fully saturated rings. The van der Waals surface area contributed by atoms with Gasteiger partial charge in [-0.2, -0.15) is 0 Å². The number of hydrogen-bond acceptors (Lipinski definition) is 5. The largest absolute Gasteiger partial charge is 0.331 e. The summed E-state index contributed by atoms with van der Waals surface area (Å²) < 4.78 is 33.9. The second-order valence-electron chi connectivity index (χ2n) is 18.1. The lowest BCUT2D eigenvalue weighted by Crippen LogP contribution is -2.37. The Labute approximate surface area is 308 Å². The van der Waals surface area contributed by atoms with E-state index in [0.29, 0.717) is 34.9 Å². The fourth-order valence-corrected chi connectivity index (χ4v) is 4.02. The minimum Gasteiger partial charge on any atom is -0.331 e. The van der Waals surface area contributed by atoms with Crippen LogP contribution in [-0.2, 0) is 18.2 Å². The van der Waals surface area contributed by atoms with E-state index in [1.807, 2.05) is 0 Å². The molecule has 0 saturated carbocycles.